The van der Waals surface area contributed by atoms with Gasteiger partial charge in [-0.05, 0) is 32.0 Å². The smallest absolute Gasteiger partial charge is 0.339 e. The second-order valence-corrected chi connectivity index (χ2v) is 8.00. The van der Waals surface area contributed by atoms with E-state index in [1.807, 2.05) is 12.1 Å². The van der Waals surface area contributed by atoms with E-state index in [2.05, 4.69) is 0 Å². The summed E-state index contributed by atoms with van der Waals surface area (Å²) >= 11 is 5.69. The molecule has 0 aliphatic carbocycles. The molecule has 2 aliphatic rings. The summed E-state index contributed by atoms with van der Waals surface area (Å²) in [6, 6.07) is 11.3. The van der Waals surface area contributed by atoms with Gasteiger partial charge in [0.05, 0.1) is 17.1 Å². The Morgan fingerprint density at radius 3 is 2.79 bits per heavy atom. The first kappa shape index (κ1) is 18.7. The lowest BCUT2D eigenvalue weighted by molar-refractivity contribution is -0.145. The summed E-state index contributed by atoms with van der Waals surface area (Å²) in [4.78, 5) is 26.9. The molecule has 0 unspecified atom stereocenters. The molecule has 0 aromatic heterocycles. The predicted octanol–water partition coefficient (Wildman–Crippen LogP) is 3.93. The lowest BCUT2D eigenvalue weighted by Crippen LogP contribution is -2.49. The SMILES string of the molecule is CC(C)(Oc1ccc(Cl)c(F)c1)C(=O)N1CC[C@@]2(C1)OC(=O)c1ccccc12. The maximum Gasteiger partial charge on any atom is 0.339 e. The quantitative estimate of drug-likeness (QED) is 0.728. The van der Waals surface area contributed by atoms with E-state index in [0.29, 0.717) is 18.5 Å². The van der Waals surface area contributed by atoms with E-state index in [9.17, 15) is 14.0 Å². The molecule has 0 bridgehead atoms. The van der Waals surface area contributed by atoms with Crippen LogP contribution < -0.4 is 4.74 Å². The van der Waals surface area contributed by atoms with Crippen LogP contribution in [0.2, 0.25) is 5.02 Å². The standard InChI is InChI=1S/C21H19ClFNO4/c1-20(2,27-13-7-8-16(22)17(23)11-13)19(26)24-10-9-21(12-24)15-6-4-3-5-14(15)18(25)28-21/h3-8,11H,9-10,12H2,1-2H3/t21-/m0/s1. The van der Waals surface area contributed by atoms with Crippen LogP contribution in [0.5, 0.6) is 5.75 Å². The van der Waals surface area contributed by atoms with Crippen molar-refractivity contribution in [1.82, 2.24) is 4.90 Å². The van der Waals surface area contributed by atoms with Crippen molar-refractivity contribution in [3.05, 3.63) is 64.4 Å². The van der Waals surface area contributed by atoms with Gasteiger partial charge in [0.2, 0.25) is 0 Å². The van der Waals surface area contributed by atoms with E-state index in [4.69, 9.17) is 21.1 Å². The summed E-state index contributed by atoms with van der Waals surface area (Å²) in [6.45, 7) is 3.95. The van der Waals surface area contributed by atoms with Gasteiger partial charge in [-0.1, -0.05) is 29.8 Å². The van der Waals surface area contributed by atoms with E-state index in [0.717, 1.165) is 11.6 Å². The highest BCUT2D eigenvalue weighted by molar-refractivity contribution is 6.30. The Morgan fingerprint density at radius 2 is 2.04 bits per heavy atom. The van der Waals surface area contributed by atoms with Gasteiger partial charge in [-0.25, -0.2) is 9.18 Å². The fourth-order valence-corrected chi connectivity index (χ4v) is 3.98. The first-order valence-electron chi connectivity index (χ1n) is 8.98. The third kappa shape index (κ3) is 3.02. The van der Waals surface area contributed by atoms with Crippen LogP contribution in [0, 0.1) is 5.82 Å². The minimum atomic E-state index is -1.23. The largest absolute Gasteiger partial charge is 0.478 e. The van der Waals surface area contributed by atoms with Gasteiger partial charge in [0.25, 0.3) is 5.91 Å². The molecule has 0 N–H and O–H groups in total. The number of amides is 1. The zero-order chi connectivity index (χ0) is 20.1. The number of likely N-dealkylation sites (tertiary alicyclic amines) is 1. The lowest BCUT2D eigenvalue weighted by Gasteiger charge is -2.31. The molecular formula is C21H19ClFNO4. The summed E-state index contributed by atoms with van der Waals surface area (Å²) in [5.74, 6) is -1.03. The molecule has 2 heterocycles. The predicted molar refractivity (Wildman–Crippen MR) is 101 cm³/mol. The molecule has 7 heteroatoms. The fourth-order valence-electron chi connectivity index (χ4n) is 3.86. The van der Waals surface area contributed by atoms with Gasteiger partial charge in [0.1, 0.15) is 11.6 Å². The Morgan fingerprint density at radius 1 is 1.29 bits per heavy atom. The van der Waals surface area contributed by atoms with Crippen molar-refractivity contribution in [3.8, 4) is 5.75 Å². The van der Waals surface area contributed by atoms with Crippen LogP contribution in [0.3, 0.4) is 0 Å². The zero-order valence-electron chi connectivity index (χ0n) is 15.5. The monoisotopic (exact) mass is 403 g/mol. The summed E-state index contributed by atoms with van der Waals surface area (Å²) in [5.41, 5.74) is -0.683. The summed E-state index contributed by atoms with van der Waals surface area (Å²) in [5, 5.41) is -0.0142. The second kappa shape index (κ2) is 6.48. The fraction of sp³-hybridized carbons (Fsp3) is 0.333. The van der Waals surface area contributed by atoms with E-state index in [1.165, 1.54) is 12.1 Å². The molecule has 2 aromatic carbocycles. The highest BCUT2D eigenvalue weighted by Gasteiger charge is 2.52. The molecule has 0 saturated carbocycles. The number of carbonyl (C=O) groups is 2. The minimum absolute atomic E-state index is 0.0142. The van der Waals surface area contributed by atoms with Gasteiger partial charge in [0, 0.05) is 24.6 Å². The lowest BCUT2D eigenvalue weighted by atomic mass is 9.91. The minimum Gasteiger partial charge on any atom is -0.478 e. The van der Waals surface area contributed by atoms with Gasteiger partial charge < -0.3 is 14.4 Å². The van der Waals surface area contributed by atoms with Crippen LogP contribution in [0.4, 0.5) is 4.39 Å². The first-order valence-corrected chi connectivity index (χ1v) is 9.36. The van der Waals surface area contributed by atoms with E-state index in [1.54, 1.807) is 30.9 Å². The van der Waals surface area contributed by atoms with E-state index in [-0.39, 0.29) is 29.2 Å². The van der Waals surface area contributed by atoms with Crippen molar-refractivity contribution in [2.45, 2.75) is 31.5 Å². The van der Waals surface area contributed by atoms with Crippen molar-refractivity contribution >= 4 is 23.5 Å². The van der Waals surface area contributed by atoms with Crippen LogP contribution in [-0.2, 0) is 15.1 Å². The molecule has 1 atom stereocenters. The molecule has 4 rings (SSSR count). The molecule has 1 spiro atoms. The molecule has 5 nitrogen and oxygen atoms in total. The Labute approximate surface area is 167 Å². The van der Waals surface area contributed by atoms with Gasteiger partial charge in [-0.3, -0.25) is 4.79 Å². The normalized spacial score (nSPS) is 21.0. The van der Waals surface area contributed by atoms with Crippen molar-refractivity contribution < 1.29 is 23.5 Å². The highest BCUT2D eigenvalue weighted by Crippen LogP contribution is 2.43. The van der Waals surface area contributed by atoms with E-state index < -0.39 is 17.0 Å². The Hall–Kier alpha value is -2.60. The number of halogens is 2. The van der Waals surface area contributed by atoms with Crippen molar-refractivity contribution in [2.24, 2.45) is 0 Å². The van der Waals surface area contributed by atoms with Crippen molar-refractivity contribution in [1.29, 1.82) is 0 Å². The summed E-state index contributed by atoms with van der Waals surface area (Å²) in [7, 11) is 0. The maximum atomic E-state index is 13.7. The third-order valence-electron chi connectivity index (χ3n) is 5.22. The van der Waals surface area contributed by atoms with Crippen LogP contribution in [0.1, 0.15) is 36.2 Å². The van der Waals surface area contributed by atoms with Gasteiger partial charge in [-0.2, -0.15) is 0 Å². The molecular weight excluding hydrogens is 385 g/mol. The molecule has 2 aromatic rings. The van der Waals surface area contributed by atoms with Crippen LogP contribution in [0.15, 0.2) is 42.5 Å². The Balaban J connectivity index is 1.53. The number of ether oxygens (including phenoxy) is 2. The molecule has 1 saturated heterocycles. The third-order valence-corrected chi connectivity index (χ3v) is 5.53. The number of fused-ring (bicyclic) bond motifs is 2. The first-order chi connectivity index (χ1) is 13.2. The van der Waals surface area contributed by atoms with Crippen LogP contribution in [-0.4, -0.2) is 35.5 Å². The molecule has 1 fully saturated rings. The molecule has 2 aliphatic heterocycles. The highest BCUT2D eigenvalue weighted by atomic mass is 35.5. The van der Waals surface area contributed by atoms with Gasteiger partial charge in [0.15, 0.2) is 11.2 Å². The topological polar surface area (TPSA) is 55.8 Å². The molecule has 28 heavy (non-hydrogen) atoms. The van der Waals surface area contributed by atoms with Gasteiger partial charge in [-0.15, -0.1) is 0 Å². The van der Waals surface area contributed by atoms with Crippen molar-refractivity contribution in [2.75, 3.05) is 13.1 Å². The molecule has 0 radical (unpaired) electrons. The zero-order valence-corrected chi connectivity index (χ0v) is 16.3. The summed E-state index contributed by atoms with van der Waals surface area (Å²) in [6.07, 6.45) is 0.521. The molecule has 1 amide bonds. The van der Waals surface area contributed by atoms with E-state index >= 15 is 0 Å². The molecule has 146 valence electrons. The van der Waals surface area contributed by atoms with Gasteiger partial charge >= 0.3 is 5.97 Å². The number of hydrogen-bond donors (Lipinski definition) is 0. The Kier molecular flexibility index (Phi) is 4.34. The van der Waals surface area contributed by atoms with Crippen LogP contribution >= 0.6 is 11.6 Å². The number of esters is 1. The maximum absolute atomic E-state index is 13.7. The number of hydrogen-bond acceptors (Lipinski definition) is 4. The van der Waals surface area contributed by atoms with Crippen molar-refractivity contribution in [3.63, 3.8) is 0 Å². The second-order valence-electron chi connectivity index (χ2n) is 7.59. The average molecular weight is 404 g/mol. The number of rotatable bonds is 3. The average Bonchev–Trinajstić information content (AvgIpc) is 3.20. The Bertz CT molecular complexity index is 977. The summed E-state index contributed by atoms with van der Waals surface area (Å²) < 4.78 is 25.1. The number of carbonyl (C=O) groups excluding carboxylic acids is 2. The number of benzene rings is 2. The van der Waals surface area contributed by atoms with Crippen LogP contribution in [0.25, 0.3) is 0 Å². The number of nitrogens with zero attached hydrogens (tertiary/aromatic N) is 1.